The number of guanidine groups is 1. The van der Waals surface area contributed by atoms with E-state index in [9.17, 15) is 4.39 Å². The average Bonchev–Trinajstić information content (AvgIpc) is 2.42. The summed E-state index contributed by atoms with van der Waals surface area (Å²) in [5, 5.41) is 0. The van der Waals surface area contributed by atoms with Crippen LogP contribution in [0.25, 0.3) is 0 Å². The lowest BCUT2D eigenvalue weighted by molar-refractivity contribution is 0.265. The molecule has 1 saturated heterocycles. The summed E-state index contributed by atoms with van der Waals surface area (Å²) in [5.41, 5.74) is 7.23. The molecular formula is C17H25FIN3. The second kappa shape index (κ2) is 7.62. The Hall–Kier alpha value is -0.850. The number of halogens is 2. The van der Waals surface area contributed by atoms with E-state index < -0.39 is 0 Å². The quantitative estimate of drug-likeness (QED) is 0.453. The van der Waals surface area contributed by atoms with Gasteiger partial charge in [-0.2, -0.15) is 0 Å². The Balaban J connectivity index is 0.00000176. The first-order valence-corrected chi connectivity index (χ1v) is 7.95. The lowest BCUT2D eigenvalue weighted by Gasteiger charge is -2.36. The molecule has 2 fully saturated rings. The zero-order valence-corrected chi connectivity index (χ0v) is 15.4. The van der Waals surface area contributed by atoms with Gasteiger partial charge in [0.25, 0.3) is 0 Å². The van der Waals surface area contributed by atoms with Crippen LogP contribution in [0.5, 0.6) is 0 Å². The van der Waals surface area contributed by atoms with Gasteiger partial charge in [0.1, 0.15) is 5.82 Å². The Morgan fingerprint density at radius 3 is 2.82 bits per heavy atom. The minimum atomic E-state index is -0.152. The first kappa shape index (κ1) is 17.5. The standard InChI is InChI=1S/C17H24FN3.HI/c1-12-4-3-7-21(11-12)17(19)20-16-9-14(10-16)13-5-2-6-15(18)8-13;/h2,5-6,8,12,14,16H,3-4,7,9-11H2,1H3,(H2,19,20);1H. The molecule has 1 aliphatic carbocycles. The number of nitrogens with two attached hydrogens (primary N) is 1. The Labute approximate surface area is 149 Å². The highest BCUT2D eigenvalue weighted by Gasteiger charge is 2.31. The van der Waals surface area contributed by atoms with Crippen LogP contribution in [0.1, 0.15) is 44.1 Å². The predicted molar refractivity (Wildman–Crippen MR) is 99.2 cm³/mol. The van der Waals surface area contributed by atoms with E-state index in [-0.39, 0.29) is 29.8 Å². The minimum Gasteiger partial charge on any atom is -0.370 e. The molecule has 2 aliphatic rings. The third kappa shape index (κ3) is 4.12. The summed E-state index contributed by atoms with van der Waals surface area (Å²) < 4.78 is 13.2. The van der Waals surface area contributed by atoms with E-state index in [1.165, 1.54) is 18.9 Å². The molecule has 5 heteroatoms. The van der Waals surface area contributed by atoms with Gasteiger partial charge in [-0.05, 0) is 55.2 Å². The zero-order valence-electron chi connectivity index (χ0n) is 13.0. The predicted octanol–water partition coefficient (Wildman–Crippen LogP) is 3.74. The fraction of sp³-hybridized carbons (Fsp3) is 0.588. The van der Waals surface area contributed by atoms with Crippen LogP contribution >= 0.6 is 24.0 Å². The lowest BCUT2D eigenvalue weighted by atomic mass is 9.76. The van der Waals surface area contributed by atoms with Crippen molar-refractivity contribution in [3.63, 3.8) is 0 Å². The number of benzene rings is 1. The molecule has 0 amide bonds. The highest BCUT2D eigenvalue weighted by atomic mass is 127. The maximum Gasteiger partial charge on any atom is 0.191 e. The highest BCUT2D eigenvalue weighted by Crippen LogP contribution is 2.39. The molecule has 0 spiro atoms. The van der Waals surface area contributed by atoms with Crippen LogP contribution in [0.4, 0.5) is 4.39 Å². The molecule has 1 unspecified atom stereocenters. The zero-order chi connectivity index (χ0) is 14.8. The molecule has 3 nitrogen and oxygen atoms in total. The first-order valence-electron chi connectivity index (χ1n) is 7.95. The van der Waals surface area contributed by atoms with Gasteiger partial charge in [-0.15, -0.1) is 24.0 Å². The molecule has 0 bridgehead atoms. The maximum absolute atomic E-state index is 13.2. The minimum absolute atomic E-state index is 0. The van der Waals surface area contributed by atoms with E-state index in [1.54, 1.807) is 12.1 Å². The van der Waals surface area contributed by atoms with E-state index in [1.807, 2.05) is 6.07 Å². The molecule has 3 rings (SSSR count). The van der Waals surface area contributed by atoms with Crippen molar-refractivity contribution in [2.24, 2.45) is 16.6 Å². The monoisotopic (exact) mass is 417 g/mol. The van der Waals surface area contributed by atoms with Crippen molar-refractivity contribution in [1.29, 1.82) is 0 Å². The Bertz CT molecular complexity index is 528. The van der Waals surface area contributed by atoms with E-state index in [0.29, 0.717) is 23.8 Å². The molecule has 0 aromatic heterocycles. The van der Waals surface area contributed by atoms with Gasteiger partial charge in [0.15, 0.2) is 5.96 Å². The Kier molecular flexibility index (Phi) is 6.06. The summed E-state index contributed by atoms with van der Waals surface area (Å²) in [6.45, 7) is 4.32. The summed E-state index contributed by atoms with van der Waals surface area (Å²) >= 11 is 0. The number of aliphatic imine (C=N–C) groups is 1. The van der Waals surface area contributed by atoms with E-state index >= 15 is 0 Å². The van der Waals surface area contributed by atoms with Crippen molar-refractivity contribution >= 4 is 29.9 Å². The summed E-state index contributed by atoms with van der Waals surface area (Å²) in [4.78, 5) is 6.88. The second-order valence-corrected chi connectivity index (χ2v) is 6.56. The number of likely N-dealkylation sites (tertiary alicyclic amines) is 1. The van der Waals surface area contributed by atoms with Crippen LogP contribution in [-0.2, 0) is 0 Å². The Morgan fingerprint density at radius 1 is 1.36 bits per heavy atom. The largest absolute Gasteiger partial charge is 0.370 e. The van der Waals surface area contributed by atoms with Crippen molar-refractivity contribution in [3.8, 4) is 0 Å². The van der Waals surface area contributed by atoms with Crippen LogP contribution in [0.3, 0.4) is 0 Å². The van der Waals surface area contributed by atoms with Crippen LogP contribution in [-0.4, -0.2) is 30.0 Å². The van der Waals surface area contributed by atoms with Gasteiger partial charge < -0.3 is 10.6 Å². The van der Waals surface area contributed by atoms with Gasteiger partial charge in [-0.1, -0.05) is 19.1 Å². The van der Waals surface area contributed by atoms with Gasteiger partial charge in [0, 0.05) is 13.1 Å². The second-order valence-electron chi connectivity index (χ2n) is 6.56. The molecule has 0 radical (unpaired) electrons. The van der Waals surface area contributed by atoms with Crippen molar-refractivity contribution in [2.45, 2.75) is 44.6 Å². The molecule has 1 aromatic rings. The van der Waals surface area contributed by atoms with E-state index in [2.05, 4.69) is 16.8 Å². The van der Waals surface area contributed by atoms with Crippen molar-refractivity contribution in [3.05, 3.63) is 35.6 Å². The Morgan fingerprint density at radius 2 is 2.14 bits per heavy atom. The molecule has 1 saturated carbocycles. The number of nitrogens with zero attached hydrogens (tertiary/aromatic N) is 2. The number of hydrogen-bond donors (Lipinski definition) is 1. The summed E-state index contributed by atoms with van der Waals surface area (Å²) in [6, 6.07) is 7.22. The van der Waals surface area contributed by atoms with Crippen LogP contribution in [0.2, 0.25) is 0 Å². The number of rotatable bonds is 2. The molecule has 2 N–H and O–H groups in total. The fourth-order valence-electron chi connectivity index (χ4n) is 3.39. The number of piperidine rings is 1. The number of hydrogen-bond acceptors (Lipinski definition) is 1. The topological polar surface area (TPSA) is 41.6 Å². The van der Waals surface area contributed by atoms with Crippen LogP contribution in [0, 0.1) is 11.7 Å². The van der Waals surface area contributed by atoms with Crippen LogP contribution < -0.4 is 5.73 Å². The average molecular weight is 417 g/mol. The van der Waals surface area contributed by atoms with E-state index in [0.717, 1.165) is 31.5 Å². The normalized spacial score (nSPS) is 28.7. The fourth-order valence-corrected chi connectivity index (χ4v) is 3.39. The highest BCUT2D eigenvalue weighted by molar-refractivity contribution is 14.0. The van der Waals surface area contributed by atoms with Gasteiger partial charge in [0.2, 0.25) is 0 Å². The molecule has 122 valence electrons. The van der Waals surface area contributed by atoms with Gasteiger partial charge in [-0.3, -0.25) is 0 Å². The van der Waals surface area contributed by atoms with Gasteiger partial charge in [-0.25, -0.2) is 9.38 Å². The summed E-state index contributed by atoms with van der Waals surface area (Å²) in [7, 11) is 0. The lowest BCUT2D eigenvalue weighted by Crippen LogP contribution is -2.44. The molecule has 1 aromatic carbocycles. The molecule has 1 aliphatic heterocycles. The summed E-state index contributed by atoms with van der Waals surface area (Å²) in [5.74, 6) is 1.68. The van der Waals surface area contributed by atoms with Gasteiger partial charge >= 0.3 is 0 Å². The van der Waals surface area contributed by atoms with Crippen molar-refractivity contribution in [2.75, 3.05) is 13.1 Å². The van der Waals surface area contributed by atoms with Crippen LogP contribution in [0.15, 0.2) is 29.3 Å². The SMILES string of the molecule is CC1CCCN(C(N)=NC2CC(c3cccc(F)c3)C2)C1.I. The molecule has 1 atom stereocenters. The smallest absolute Gasteiger partial charge is 0.191 e. The first-order chi connectivity index (χ1) is 10.1. The van der Waals surface area contributed by atoms with Crippen molar-refractivity contribution < 1.29 is 4.39 Å². The molecule has 1 heterocycles. The summed E-state index contributed by atoms with van der Waals surface area (Å²) in [6.07, 6.45) is 4.45. The van der Waals surface area contributed by atoms with Crippen molar-refractivity contribution in [1.82, 2.24) is 4.90 Å². The maximum atomic E-state index is 13.2. The van der Waals surface area contributed by atoms with Gasteiger partial charge in [0.05, 0.1) is 6.04 Å². The molecular weight excluding hydrogens is 392 g/mol. The third-order valence-electron chi connectivity index (χ3n) is 4.73. The third-order valence-corrected chi connectivity index (χ3v) is 4.73. The van der Waals surface area contributed by atoms with E-state index in [4.69, 9.17) is 5.73 Å². The molecule has 22 heavy (non-hydrogen) atoms.